The van der Waals surface area contributed by atoms with Crippen molar-refractivity contribution in [1.29, 1.82) is 0 Å². The van der Waals surface area contributed by atoms with E-state index in [0.717, 1.165) is 39.7 Å². The third kappa shape index (κ3) is 1.82. The summed E-state index contributed by atoms with van der Waals surface area (Å²) in [6.45, 7) is 1.04. The molecule has 0 amide bonds. The third-order valence-electron chi connectivity index (χ3n) is 3.69. The Kier molecular flexibility index (Phi) is 2.79. The van der Waals surface area contributed by atoms with Crippen LogP contribution in [0.15, 0.2) is 28.9 Å². The number of aromatic nitrogens is 1. The van der Waals surface area contributed by atoms with Gasteiger partial charge in [-0.3, -0.25) is 4.79 Å². The number of carbonyl (C=O) groups is 1. The zero-order valence-corrected chi connectivity index (χ0v) is 11.1. The van der Waals surface area contributed by atoms with Crippen molar-refractivity contribution in [2.75, 3.05) is 0 Å². The van der Waals surface area contributed by atoms with E-state index in [0.29, 0.717) is 0 Å². The first-order valence-electron chi connectivity index (χ1n) is 6.02. The predicted octanol–water partition coefficient (Wildman–Crippen LogP) is 4.02. The molecule has 2 nitrogen and oxygen atoms in total. The molecule has 0 N–H and O–H groups in total. The van der Waals surface area contributed by atoms with Crippen LogP contribution in [0, 0.1) is 5.92 Å². The zero-order chi connectivity index (χ0) is 11.8. The quantitative estimate of drug-likeness (QED) is 0.783. The topological polar surface area (TPSA) is 22.0 Å². The van der Waals surface area contributed by atoms with Crippen molar-refractivity contribution >= 4 is 33.1 Å². The molecular formula is C14H14BrNO. The Balaban J connectivity index is 2.11. The van der Waals surface area contributed by atoms with E-state index in [9.17, 15) is 4.79 Å². The van der Waals surface area contributed by atoms with Crippen LogP contribution < -0.4 is 0 Å². The molecular weight excluding hydrogens is 278 g/mol. The molecule has 0 saturated heterocycles. The number of fused-ring (bicyclic) bond motifs is 1. The maximum absolute atomic E-state index is 11.1. The smallest absolute Gasteiger partial charge is 0.152 e. The van der Waals surface area contributed by atoms with Crippen molar-refractivity contribution in [3.8, 4) is 0 Å². The molecule has 88 valence electrons. The molecule has 0 radical (unpaired) electrons. The van der Waals surface area contributed by atoms with Gasteiger partial charge >= 0.3 is 0 Å². The van der Waals surface area contributed by atoms with Gasteiger partial charge in [0.2, 0.25) is 0 Å². The van der Waals surface area contributed by atoms with Gasteiger partial charge in [0, 0.05) is 33.7 Å². The largest absolute Gasteiger partial charge is 0.346 e. The van der Waals surface area contributed by atoms with E-state index < -0.39 is 0 Å². The standard InChI is InChI=1S/C14H14BrNO/c15-12-5-2-6-13-14(12)11(9-17)8-16(13)7-10-3-1-4-10/h2,5-6,8-10H,1,3-4,7H2. The lowest BCUT2D eigenvalue weighted by Crippen LogP contribution is -2.17. The molecule has 0 unspecified atom stereocenters. The maximum atomic E-state index is 11.1. The van der Waals surface area contributed by atoms with Gasteiger partial charge in [0.25, 0.3) is 0 Å². The maximum Gasteiger partial charge on any atom is 0.152 e. The fourth-order valence-corrected chi connectivity index (χ4v) is 3.12. The second-order valence-corrected chi connectivity index (χ2v) is 5.64. The lowest BCUT2D eigenvalue weighted by Gasteiger charge is -2.26. The van der Waals surface area contributed by atoms with Crippen LogP contribution in [0.1, 0.15) is 29.6 Å². The number of aldehydes is 1. The van der Waals surface area contributed by atoms with Gasteiger partial charge in [0.15, 0.2) is 6.29 Å². The fraction of sp³-hybridized carbons (Fsp3) is 0.357. The number of halogens is 1. The SMILES string of the molecule is O=Cc1cn(CC2CCC2)c2cccc(Br)c12. The van der Waals surface area contributed by atoms with Crippen molar-refractivity contribution in [2.24, 2.45) is 5.92 Å². The van der Waals surface area contributed by atoms with E-state index in [1.54, 1.807) is 0 Å². The van der Waals surface area contributed by atoms with Gasteiger partial charge in [-0.2, -0.15) is 0 Å². The molecule has 1 aliphatic rings. The first-order chi connectivity index (χ1) is 8.29. The summed E-state index contributed by atoms with van der Waals surface area (Å²) in [7, 11) is 0. The van der Waals surface area contributed by atoms with Crippen molar-refractivity contribution in [3.05, 3.63) is 34.4 Å². The van der Waals surface area contributed by atoms with Crippen molar-refractivity contribution in [1.82, 2.24) is 4.57 Å². The van der Waals surface area contributed by atoms with E-state index in [2.05, 4.69) is 26.6 Å². The van der Waals surface area contributed by atoms with E-state index in [-0.39, 0.29) is 0 Å². The molecule has 1 aromatic heterocycles. The summed E-state index contributed by atoms with van der Waals surface area (Å²) in [5.74, 6) is 0.795. The van der Waals surface area contributed by atoms with Crippen LogP contribution >= 0.6 is 15.9 Å². The van der Waals surface area contributed by atoms with Gasteiger partial charge in [-0.25, -0.2) is 0 Å². The van der Waals surface area contributed by atoms with E-state index in [1.807, 2.05) is 18.3 Å². The van der Waals surface area contributed by atoms with Gasteiger partial charge < -0.3 is 4.57 Å². The zero-order valence-electron chi connectivity index (χ0n) is 9.53. The summed E-state index contributed by atoms with van der Waals surface area (Å²) in [6.07, 6.45) is 6.94. The second kappa shape index (κ2) is 4.30. The second-order valence-electron chi connectivity index (χ2n) is 4.79. The predicted molar refractivity (Wildman–Crippen MR) is 72.4 cm³/mol. The van der Waals surface area contributed by atoms with Crippen LogP contribution in [0.3, 0.4) is 0 Å². The summed E-state index contributed by atoms with van der Waals surface area (Å²) in [5.41, 5.74) is 1.94. The average molecular weight is 292 g/mol. The van der Waals surface area contributed by atoms with E-state index >= 15 is 0 Å². The summed E-state index contributed by atoms with van der Waals surface area (Å²) in [4.78, 5) is 11.1. The molecule has 0 aliphatic heterocycles. The summed E-state index contributed by atoms with van der Waals surface area (Å²) in [6, 6.07) is 6.10. The highest BCUT2D eigenvalue weighted by atomic mass is 79.9. The normalized spacial score (nSPS) is 16.1. The van der Waals surface area contributed by atoms with E-state index in [1.165, 1.54) is 19.3 Å². The molecule has 0 atom stereocenters. The minimum Gasteiger partial charge on any atom is -0.346 e. The van der Waals surface area contributed by atoms with Gasteiger partial charge in [-0.05, 0) is 30.9 Å². The Bertz CT molecular complexity index is 569. The first kappa shape index (κ1) is 11.0. The Hall–Kier alpha value is -1.09. The van der Waals surface area contributed by atoms with Crippen LogP contribution in [-0.2, 0) is 6.54 Å². The number of carbonyl (C=O) groups excluding carboxylic acids is 1. The molecule has 1 aliphatic carbocycles. The van der Waals surface area contributed by atoms with Gasteiger partial charge in [0.1, 0.15) is 0 Å². The summed E-state index contributed by atoms with van der Waals surface area (Å²) < 4.78 is 3.23. The number of hydrogen-bond acceptors (Lipinski definition) is 1. The Morgan fingerprint density at radius 3 is 2.88 bits per heavy atom. The van der Waals surface area contributed by atoms with Crippen LogP contribution in [0.4, 0.5) is 0 Å². The highest BCUT2D eigenvalue weighted by Gasteiger charge is 2.19. The van der Waals surface area contributed by atoms with Crippen molar-refractivity contribution in [2.45, 2.75) is 25.8 Å². The Morgan fingerprint density at radius 2 is 2.24 bits per heavy atom. The molecule has 1 saturated carbocycles. The minimum absolute atomic E-state index is 0.784. The minimum atomic E-state index is 0.784. The molecule has 1 heterocycles. The summed E-state index contributed by atoms with van der Waals surface area (Å²) in [5, 5.41) is 1.04. The highest BCUT2D eigenvalue weighted by molar-refractivity contribution is 9.10. The van der Waals surface area contributed by atoms with Gasteiger partial charge in [0.05, 0.1) is 0 Å². The van der Waals surface area contributed by atoms with Gasteiger partial charge in [-0.1, -0.05) is 28.4 Å². The summed E-state index contributed by atoms with van der Waals surface area (Å²) >= 11 is 3.53. The van der Waals surface area contributed by atoms with Crippen LogP contribution in [-0.4, -0.2) is 10.9 Å². The number of rotatable bonds is 3. The van der Waals surface area contributed by atoms with Crippen LogP contribution in [0.25, 0.3) is 10.9 Å². The molecule has 1 aromatic carbocycles. The monoisotopic (exact) mass is 291 g/mol. The van der Waals surface area contributed by atoms with E-state index in [4.69, 9.17) is 0 Å². The highest BCUT2D eigenvalue weighted by Crippen LogP contribution is 2.32. The number of hydrogen-bond donors (Lipinski definition) is 0. The molecule has 0 bridgehead atoms. The van der Waals surface area contributed by atoms with Gasteiger partial charge in [-0.15, -0.1) is 0 Å². The fourth-order valence-electron chi connectivity index (χ4n) is 2.53. The number of benzene rings is 1. The molecule has 3 heteroatoms. The number of nitrogens with zero attached hydrogens (tertiary/aromatic N) is 1. The average Bonchev–Trinajstić information content (AvgIpc) is 2.63. The molecule has 2 aromatic rings. The van der Waals surface area contributed by atoms with Crippen molar-refractivity contribution in [3.63, 3.8) is 0 Å². The first-order valence-corrected chi connectivity index (χ1v) is 6.81. The molecule has 0 spiro atoms. The van der Waals surface area contributed by atoms with Crippen LogP contribution in [0.2, 0.25) is 0 Å². The Labute approximate surface area is 109 Å². The lowest BCUT2D eigenvalue weighted by molar-refractivity contribution is 0.112. The molecule has 17 heavy (non-hydrogen) atoms. The molecule has 1 fully saturated rings. The molecule has 3 rings (SSSR count). The Morgan fingerprint density at radius 1 is 1.41 bits per heavy atom. The lowest BCUT2D eigenvalue weighted by atomic mass is 9.85. The van der Waals surface area contributed by atoms with Crippen LogP contribution in [0.5, 0.6) is 0 Å². The van der Waals surface area contributed by atoms with Crippen molar-refractivity contribution < 1.29 is 4.79 Å². The third-order valence-corrected chi connectivity index (χ3v) is 4.35.